The smallest absolute Gasteiger partial charge is 0.356 e. The van der Waals surface area contributed by atoms with E-state index in [-0.39, 0.29) is 5.69 Å². The molecule has 0 saturated carbocycles. The molecule has 0 fully saturated rings. The molecule has 1 aliphatic heterocycles. The summed E-state index contributed by atoms with van der Waals surface area (Å²) in [5.74, 6) is -2.01. The Kier molecular flexibility index (Phi) is 2.64. The average Bonchev–Trinajstić information content (AvgIpc) is 2.71. The molecule has 0 aliphatic carbocycles. The number of ether oxygens (including phenoxy) is 1. The van der Waals surface area contributed by atoms with Crippen LogP contribution in [0.2, 0.25) is 0 Å². The summed E-state index contributed by atoms with van der Waals surface area (Å²) < 4.78 is 6.39. The van der Waals surface area contributed by atoms with E-state index < -0.39 is 17.9 Å². The lowest BCUT2D eigenvalue weighted by Crippen LogP contribution is -2.24. The minimum Gasteiger partial charge on any atom is -0.476 e. The topological polar surface area (TPSA) is 81.4 Å². The highest BCUT2D eigenvalue weighted by Gasteiger charge is 2.33. The molecule has 1 aromatic rings. The van der Waals surface area contributed by atoms with Crippen LogP contribution in [0.15, 0.2) is 6.33 Å². The van der Waals surface area contributed by atoms with Crippen molar-refractivity contribution < 1.29 is 19.4 Å². The molecule has 1 aliphatic rings. The van der Waals surface area contributed by atoms with Crippen molar-refractivity contribution in [3.8, 4) is 0 Å². The lowest BCUT2D eigenvalue weighted by molar-refractivity contribution is -0.143. The van der Waals surface area contributed by atoms with E-state index in [2.05, 4.69) is 9.72 Å². The van der Waals surface area contributed by atoms with Crippen LogP contribution < -0.4 is 0 Å². The van der Waals surface area contributed by atoms with Gasteiger partial charge in [-0.15, -0.1) is 0 Å². The second-order valence-corrected chi connectivity index (χ2v) is 3.69. The lowest BCUT2D eigenvalue weighted by Gasteiger charge is -2.22. The van der Waals surface area contributed by atoms with E-state index in [1.54, 1.807) is 4.57 Å². The van der Waals surface area contributed by atoms with Crippen LogP contribution in [0.1, 0.15) is 34.9 Å². The molecule has 1 unspecified atom stereocenters. The van der Waals surface area contributed by atoms with E-state index in [1.165, 1.54) is 13.4 Å². The Hall–Kier alpha value is -1.85. The highest BCUT2D eigenvalue weighted by atomic mass is 16.5. The number of carboxylic acid groups (broad SMARTS) is 1. The van der Waals surface area contributed by atoms with E-state index in [4.69, 9.17) is 5.11 Å². The van der Waals surface area contributed by atoms with Gasteiger partial charge in [0.25, 0.3) is 0 Å². The van der Waals surface area contributed by atoms with Gasteiger partial charge in [-0.2, -0.15) is 0 Å². The van der Waals surface area contributed by atoms with Crippen molar-refractivity contribution in [2.75, 3.05) is 7.11 Å². The van der Waals surface area contributed by atoms with E-state index in [0.717, 1.165) is 6.42 Å². The Morgan fingerprint density at radius 1 is 1.62 bits per heavy atom. The van der Waals surface area contributed by atoms with Crippen LogP contribution in [-0.4, -0.2) is 33.7 Å². The van der Waals surface area contributed by atoms with E-state index in [0.29, 0.717) is 18.7 Å². The van der Waals surface area contributed by atoms with E-state index >= 15 is 0 Å². The van der Waals surface area contributed by atoms with Gasteiger partial charge in [0.1, 0.15) is 0 Å². The standard InChI is InChI=1S/C10H12N2O4/c1-16-10(15)6-3-2-4-12-5-11-7(8(6)12)9(13)14/h5-6H,2-4H2,1H3,(H,13,14). The fourth-order valence-corrected chi connectivity index (χ4v) is 2.07. The van der Waals surface area contributed by atoms with Crippen molar-refractivity contribution in [3.05, 3.63) is 17.7 Å². The Labute approximate surface area is 91.8 Å². The van der Waals surface area contributed by atoms with Crippen molar-refractivity contribution >= 4 is 11.9 Å². The highest BCUT2D eigenvalue weighted by Crippen LogP contribution is 2.30. The number of rotatable bonds is 2. The Morgan fingerprint density at radius 3 is 3.00 bits per heavy atom. The number of aryl methyl sites for hydroxylation is 1. The number of aromatic nitrogens is 2. The third-order valence-electron chi connectivity index (χ3n) is 2.79. The molecule has 86 valence electrons. The maximum Gasteiger partial charge on any atom is 0.356 e. The largest absolute Gasteiger partial charge is 0.476 e. The first-order chi connectivity index (χ1) is 7.65. The summed E-state index contributed by atoms with van der Waals surface area (Å²) in [5, 5.41) is 8.97. The summed E-state index contributed by atoms with van der Waals surface area (Å²) in [6.45, 7) is 0.698. The number of nitrogens with zero attached hydrogens (tertiary/aromatic N) is 2. The lowest BCUT2D eigenvalue weighted by atomic mass is 9.94. The molecule has 0 aromatic carbocycles. The van der Waals surface area contributed by atoms with Crippen LogP contribution in [0.4, 0.5) is 0 Å². The molecule has 6 heteroatoms. The zero-order valence-electron chi connectivity index (χ0n) is 8.84. The van der Waals surface area contributed by atoms with Gasteiger partial charge in [0, 0.05) is 6.54 Å². The number of aromatic carboxylic acids is 1. The number of methoxy groups -OCH3 is 1. The zero-order valence-corrected chi connectivity index (χ0v) is 8.84. The van der Waals surface area contributed by atoms with Crippen LogP contribution in [0.5, 0.6) is 0 Å². The number of imidazole rings is 1. The first kappa shape index (κ1) is 10.7. The highest BCUT2D eigenvalue weighted by molar-refractivity contribution is 5.90. The molecule has 1 atom stereocenters. The summed E-state index contributed by atoms with van der Waals surface area (Å²) in [4.78, 5) is 26.3. The quantitative estimate of drug-likeness (QED) is 0.745. The molecule has 0 amide bonds. The van der Waals surface area contributed by atoms with Crippen molar-refractivity contribution in [2.24, 2.45) is 0 Å². The number of hydrogen-bond donors (Lipinski definition) is 1. The van der Waals surface area contributed by atoms with Crippen LogP contribution in [0.3, 0.4) is 0 Å². The first-order valence-electron chi connectivity index (χ1n) is 5.01. The van der Waals surface area contributed by atoms with Gasteiger partial charge >= 0.3 is 11.9 Å². The number of fused-ring (bicyclic) bond motifs is 1. The number of carboxylic acids is 1. The fraction of sp³-hybridized carbons (Fsp3) is 0.500. The first-order valence-corrected chi connectivity index (χ1v) is 5.01. The van der Waals surface area contributed by atoms with Gasteiger partial charge < -0.3 is 14.4 Å². The van der Waals surface area contributed by atoms with Gasteiger partial charge in [0.2, 0.25) is 0 Å². The maximum absolute atomic E-state index is 11.5. The van der Waals surface area contributed by atoms with Gasteiger partial charge in [-0.25, -0.2) is 9.78 Å². The van der Waals surface area contributed by atoms with Gasteiger partial charge in [0.05, 0.1) is 25.0 Å². The van der Waals surface area contributed by atoms with Crippen molar-refractivity contribution in [1.82, 2.24) is 9.55 Å². The predicted octanol–water partition coefficient (Wildman–Crippen LogP) is 0.632. The number of carbonyl (C=O) groups is 2. The molecule has 16 heavy (non-hydrogen) atoms. The summed E-state index contributed by atoms with van der Waals surface area (Å²) in [6.07, 6.45) is 2.90. The minimum atomic E-state index is -1.11. The van der Waals surface area contributed by atoms with Gasteiger partial charge in [-0.3, -0.25) is 4.79 Å². The van der Waals surface area contributed by atoms with Gasteiger partial charge in [0.15, 0.2) is 5.69 Å². The third kappa shape index (κ3) is 1.56. The number of hydrogen-bond acceptors (Lipinski definition) is 4. The number of carbonyl (C=O) groups excluding carboxylic acids is 1. The Balaban J connectivity index is 2.46. The summed E-state index contributed by atoms with van der Waals surface area (Å²) in [5.41, 5.74) is 0.417. The van der Waals surface area contributed by atoms with Crippen molar-refractivity contribution in [3.63, 3.8) is 0 Å². The molecule has 2 heterocycles. The normalized spacial score (nSPS) is 18.9. The molecule has 0 bridgehead atoms. The summed E-state index contributed by atoms with van der Waals surface area (Å²) >= 11 is 0. The summed E-state index contributed by atoms with van der Waals surface area (Å²) in [6, 6.07) is 0. The molecule has 0 spiro atoms. The molecule has 1 aromatic heterocycles. The van der Waals surface area contributed by atoms with Crippen LogP contribution in [0.25, 0.3) is 0 Å². The predicted molar refractivity (Wildman–Crippen MR) is 53.2 cm³/mol. The Morgan fingerprint density at radius 2 is 2.38 bits per heavy atom. The molecular formula is C10H12N2O4. The third-order valence-corrected chi connectivity index (χ3v) is 2.79. The summed E-state index contributed by atoms with van der Waals surface area (Å²) in [7, 11) is 1.30. The van der Waals surface area contributed by atoms with Gasteiger partial charge in [-0.1, -0.05) is 0 Å². The van der Waals surface area contributed by atoms with Crippen LogP contribution >= 0.6 is 0 Å². The Bertz CT molecular complexity index is 438. The molecular weight excluding hydrogens is 212 g/mol. The van der Waals surface area contributed by atoms with Crippen molar-refractivity contribution in [1.29, 1.82) is 0 Å². The van der Waals surface area contributed by atoms with Crippen LogP contribution in [-0.2, 0) is 16.1 Å². The van der Waals surface area contributed by atoms with Crippen molar-refractivity contribution in [2.45, 2.75) is 25.3 Å². The van der Waals surface area contributed by atoms with Gasteiger partial charge in [-0.05, 0) is 12.8 Å². The fourth-order valence-electron chi connectivity index (χ4n) is 2.07. The molecule has 0 saturated heterocycles. The van der Waals surface area contributed by atoms with E-state index in [1.807, 2.05) is 0 Å². The number of esters is 1. The SMILES string of the molecule is COC(=O)C1CCCn2cnc(C(=O)O)c21. The maximum atomic E-state index is 11.5. The molecule has 0 radical (unpaired) electrons. The van der Waals surface area contributed by atoms with E-state index in [9.17, 15) is 9.59 Å². The zero-order chi connectivity index (χ0) is 11.7. The second kappa shape index (κ2) is 3.96. The second-order valence-electron chi connectivity index (χ2n) is 3.69. The molecule has 1 N–H and O–H groups in total. The monoisotopic (exact) mass is 224 g/mol. The molecule has 6 nitrogen and oxygen atoms in total. The average molecular weight is 224 g/mol. The van der Waals surface area contributed by atoms with Crippen LogP contribution in [0, 0.1) is 0 Å². The molecule has 2 rings (SSSR count). The minimum absolute atomic E-state index is 0.0462.